The van der Waals surface area contributed by atoms with Crippen LogP contribution in [0.25, 0.3) is 0 Å². The Bertz CT molecular complexity index is 1200. The second kappa shape index (κ2) is 8.73. The smallest absolute Gasteiger partial charge is 0.308 e. The van der Waals surface area contributed by atoms with Crippen LogP contribution in [0.15, 0.2) is 24.0 Å². The topological polar surface area (TPSA) is 80.3 Å². The van der Waals surface area contributed by atoms with Crippen LogP contribution in [0.2, 0.25) is 0 Å². The number of aryl methyl sites for hydroxylation is 2. The van der Waals surface area contributed by atoms with Gasteiger partial charge in [-0.15, -0.1) is 0 Å². The first-order valence-corrected chi connectivity index (χ1v) is 13.9. The first-order valence-electron chi connectivity index (χ1n) is 13.9. The molecule has 3 aliphatic heterocycles. The molecule has 5 atom stereocenters. The number of allylic oxidation sites excluding steroid dienone is 1. The fraction of sp³-hybridized carbons (Fsp3) is 0.677. The minimum absolute atomic E-state index is 0.112. The third-order valence-corrected chi connectivity index (χ3v) is 9.62. The molecule has 7 nitrogen and oxygen atoms in total. The molecule has 0 bridgehead atoms. The summed E-state index contributed by atoms with van der Waals surface area (Å²) in [7, 11) is 0. The van der Waals surface area contributed by atoms with E-state index in [9.17, 15) is 9.59 Å². The molecule has 1 aromatic rings. The zero-order chi connectivity index (χ0) is 27.7. The molecular weight excluding hydrogens is 484 g/mol. The van der Waals surface area contributed by atoms with Gasteiger partial charge in [0.15, 0.2) is 0 Å². The lowest BCUT2D eigenvalue weighted by molar-refractivity contribution is -0.311. The highest BCUT2D eigenvalue weighted by Crippen LogP contribution is 2.67. The zero-order valence-corrected chi connectivity index (χ0v) is 24.1. The van der Waals surface area contributed by atoms with Crippen LogP contribution in [0.5, 0.6) is 11.5 Å². The SMILES string of the molecule is CC(=O)Oc1cc(C)c2c(c1)CC[C@@](C)(CC1=C[C@@]3(C)CCC[C@@]3(C)[C@]3(C[C@H](OC(C)=O)C(C)(C)O3)O1)O2. The summed E-state index contributed by atoms with van der Waals surface area (Å²) < 4.78 is 31.5. The van der Waals surface area contributed by atoms with Crippen molar-refractivity contribution in [3.8, 4) is 11.5 Å². The monoisotopic (exact) mass is 526 g/mol. The molecule has 1 aromatic carbocycles. The summed E-state index contributed by atoms with van der Waals surface area (Å²) in [5.41, 5.74) is 0.496. The maximum Gasteiger partial charge on any atom is 0.308 e. The summed E-state index contributed by atoms with van der Waals surface area (Å²) in [5.74, 6) is 0.768. The van der Waals surface area contributed by atoms with Gasteiger partial charge in [-0.2, -0.15) is 0 Å². The first kappa shape index (κ1) is 27.0. The number of esters is 2. The van der Waals surface area contributed by atoms with E-state index >= 15 is 0 Å². The largest absolute Gasteiger partial charge is 0.487 e. The molecule has 38 heavy (non-hydrogen) atoms. The van der Waals surface area contributed by atoms with Gasteiger partial charge in [0.1, 0.15) is 34.6 Å². The second-order valence-electron chi connectivity index (χ2n) is 13.1. The van der Waals surface area contributed by atoms with Crippen molar-refractivity contribution in [1.82, 2.24) is 0 Å². The van der Waals surface area contributed by atoms with E-state index in [0.29, 0.717) is 18.6 Å². The molecular formula is C31H42O7. The van der Waals surface area contributed by atoms with Crippen molar-refractivity contribution in [2.24, 2.45) is 10.8 Å². The van der Waals surface area contributed by atoms with Crippen LogP contribution >= 0.6 is 0 Å². The van der Waals surface area contributed by atoms with Crippen molar-refractivity contribution in [2.75, 3.05) is 0 Å². The lowest BCUT2D eigenvalue weighted by Crippen LogP contribution is -2.57. The van der Waals surface area contributed by atoms with Crippen LogP contribution in [0.1, 0.15) is 98.1 Å². The Labute approximate surface area is 226 Å². The lowest BCUT2D eigenvalue weighted by Gasteiger charge is -2.55. The van der Waals surface area contributed by atoms with Crippen molar-refractivity contribution in [1.29, 1.82) is 0 Å². The van der Waals surface area contributed by atoms with E-state index in [0.717, 1.165) is 54.7 Å². The fourth-order valence-corrected chi connectivity index (χ4v) is 7.39. The number of benzene rings is 1. The van der Waals surface area contributed by atoms with Gasteiger partial charge in [0.05, 0.1) is 6.42 Å². The maximum absolute atomic E-state index is 11.9. The molecule has 1 saturated carbocycles. The van der Waals surface area contributed by atoms with Gasteiger partial charge >= 0.3 is 11.9 Å². The predicted molar refractivity (Wildman–Crippen MR) is 142 cm³/mol. The molecule has 1 saturated heterocycles. The van der Waals surface area contributed by atoms with E-state index in [1.807, 2.05) is 32.9 Å². The number of rotatable bonds is 4. The van der Waals surface area contributed by atoms with Gasteiger partial charge in [-0.05, 0) is 82.7 Å². The quantitative estimate of drug-likeness (QED) is 0.335. The Morgan fingerprint density at radius 3 is 2.42 bits per heavy atom. The molecule has 3 heterocycles. The van der Waals surface area contributed by atoms with Crippen molar-refractivity contribution in [3.05, 3.63) is 35.1 Å². The van der Waals surface area contributed by atoms with E-state index in [4.69, 9.17) is 23.7 Å². The van der Waals surface area contributed by atoms with Crippen molar-refractivity contribution < 1.29 is 33.3 Å². The minimum Gasteiger partial charge on any atom is -0.487 e. The average molecular weight is 527 g/mol. The summed E-state index contributed by atoms with van der Waals surface area (Å²) >= 11 is 0. The van der Waals surface area contributed by atoms with Crippen LogP contribution in [-0.4, -0.2) is 35.0 Å². The van der Waals surface area contributed by atoms with Crippen molar-refractivity contribution >= 4 is 11.9 Å². The Morgan fingerprint density at radius 1 is 1.00 bits per heavy atom. The number of hydrogen-bond donors (Lipinski definition) is 0. The molecule has 1 aliphatic carbocycles. The Morgan fingerprint density at radius 2 is 1.74 bits per heavy atom. The number of carbonyl (C=O) groups is 2. The number of fused-ring (bicyclic) bond motifs is 3. The molecule has 0 radical (unpaired) electrons. The first-order chi connectivity index (χ1) is 17.6. The summed E-state index contributed by atoms with van der Waals surface area (Å²) in [6.45, 7) is 15.6. The van der Waals surface area contributed by atoms with Crippen LogP contribution in [-0.2, 0) is 30.2 Å². The van der Waals surface area contributed by atoms with Gasteiger partial charge in [0, 0.05) is 31.1 Å². The second-order valence-corrected chi connectivity index (χ2v) is 13.1. The van der Waals surface area contributed by atoms with Crippen molar-refractivity contribution in [2.45, 2.75) is 123 Å². The van der Waals surface area contributed by atoms with Crippen molar-refractivity contribution in [3.63, 3.8) is 0 Å². The summed E-state index contributed by atoms with van der Waals surface area (Å²) in [4.78, 5) is 23.4. The third kappa shape index (κ3) is 4.31. The number of hydrogen-bond acceptors (Lipinski definition) is 7. The number of ether oxygens (including phenoxy) is 5. The predicted octanol–water partition coefficient (Wildman–Crippen LogP) is 6.33. The van der Waals surface area contributed by atoms with E-state index in [1.54, 1.807) is 0 Å². The molecule has 0 N–H and O–H groups in total. The van der Waals surface area contributed by atoms with Crippen LogP contribution < -0.4 is 9.47 Å². The standard InChI is InChI=1S/C31H42O7/c1-19-14-23(34-20(2)32)15-22-10-13-29(7,37-26(19)22)17-24-16-28(6)11-9-12-30(28,8)31(36-24)18-25(35-21(3)33)27(4,5)38-31/h14-16,25H,9-13,17-18H2,1-8H3/t25-,28+,29-,30+,31+/m0/s1. The van der Waals surface area contributed by atoms with Gasteiger partial charge in [-0.25, -0.2) is 0 Å². The Kier molecular flexibility index (Phi) is 6.22. The maximum atomic E-state index is 11.9. The van der Waals surface area contributed by atoms with Gasteiger partial charge < -0.3 is 23.7 Å². The average Bonchev–Trinajstić information content (AvgIpc) is 3.21. The van der Waals surface area contributed by atoms with Crippen LogP contribution in [0.4, 0.5) is 0 Å². The zero-order valence-electron chi connectivity index (χ0n) is 24.1. The highest BCUT2D eigenvalue weighted by molar-refractivity contribution is 5.69. The highest BCUT2D eigenvalue weighted by Gasteiger charge is 2.70. The van der Waals surface area contributed by atoms with Crippen LogP contribution in [0.3, 0.4) is 0 Å². The van der Waals surface area contributed by atoms with E-state index in [1.165, 1.54) is 13.8 Å². The van der Waals surface area contributed by atoms with E-state index < -0.39 is 17.0 Å². The van der Waals surface area contributed by atoms with E-state index in [2.05, 4.69) is 26.8 Å². The molecule has 0 amide bonds. The fourth-order valence-electron chi connectivity index (χ4n) is 7.39. The van der Waals surface area contributed by atoms with Gasteiger partial charge in [0.25, 0.3) is 0 Å². The molecule has 0 aromatic heterocycles. The molecule has 0 unspecified atom stereocenters. The van der Waals surface area contributed by atoms with E-state index in [-0.39, 0.29) is 28.9 Å². The molecule has 7 heteroatoms. The minimum atomic E-state index is -0.885. The molecule has 5 rings (SSSR count). The summed E-state index contributed by atoms with van der Waals surface area (Å²) in [6.07, 6.45) is 7.79. The lowest BCUT2D eigenvalue weighted by atomic mass is 9.60. The van der Waals surface area contributed by atoms with Gasteiger partial charge in [-0.3, -0.25) is 9.59 Å². The molecule has 1 spiro atoms. The molecule has 208 valence electrons. The normalized spacial score (nSPS) is 36.9. The highest BCUT2D eigenvalue weighted by atomic mass is 16.7. The summed E-state index contributed by atoms with van der Waals surface area (Å²) in [5, 5.41) is 0. The number of carbonyl (C=O) groups excluding carboxylic acids is 2. The van der Waals surface area contributed by atoms with Crippen LogP contribution in [0, 0.1) is 17.8 Å². The third-order valence-electron chi connectivity index (χ3n) is 9.62. The molecule has 2 fully saturated rings. The van der Waals surface area contributed by atoms with Gasteiger partial charge in [0.2, 0.25) is 5.79 Å². The Hall–Kier alpha value is -2.54. The van der Waals surface area contributed by atoms with Gasteiger partial charge in [-0.1, -0.05) is 20.3 Å². The summed E-state index contributed by atoms with van der Waals surface area (Å²) in [6, 6.07) is 3.76. The molecule has 4 aliphatic rings. The Balaban J connectivity index is 1.44.